The van der Waals surface area contributed by atoms with Gasteiger partial charge in [-0.2, -0.15) is 0 Å². The van der Waals surface area contributed by atoms with Crippen molar-refractivity contribution < 1.29 is 0 Å². The lowest BCUT2D eigenvalue weighted by molar-refractivity contribution is 0.412. The summed E-state index contributed by atoms with van der Waals surface area (Å²) in [5.41, 5.74) is 8.27. The second-order valence-electron chi connectivity index (χ2n) is 13.3. The molecule has 0 N–H and O–H groups in total. The van der Waals surface area contributed by atoms with Gasteiger partial charge in [0.25, 0.3) is 0 Å². The fourth-order valence-electron chi connectivity index (χ4n) is 6.60. The van der Waals surface area contributed by atoms with E-state index in [9.17, 15) is 0 Å². The molecule has 7 aromatic rings. The zero-order chi connectivity index (χ0) is 25.7. The van der Waals surface area contributed by atoms with Crippen molar-refractivity contribution in [1.82, 2.24) is 9.38 Å². The third kappa shape index (κ3) is 3.35. The van der Waals surface area contributed by atoms with E-state index in [4.69, 9.17) is 4.98 Å². The first-order valence-corrected chi connectivity index (χ1v) is 13.5. The molecule has 0 fully saturated rings. The van der Waals surface area contributed by atoms with Crippen LogP contribution in [0.5, 0.6) is 0 Å². The molecule has 3 aromatic heterocycles. The van der Waals surface area contributed by atoms with Crippen LogP contribution in [0.15, 0.2) is 72.9 Å². The summed E-state index contributed by atoms with van der Waals surface area (Å²) in [5.74, 6) is 0. The zero-order valence-electron chi connectivity index (χ0n) is 22.7. The molecule has 0 aliphatic carbocycles. The van der Waals surface area contributed by atoms with Crippen LogP contribution in [-0.2, 0) is 12.8 Å². The molecule has 2 nitrogen and oxygen atoms in total. The topological polar surface area (TPSA) is 17.3 Å². The summed E-state index contributed by atoms with van der Waals surface area (Å²) in [4.78, 5) is 5.04. The monoisotopic (exact) mass is 482 g/mol. The van der Waals surface area contributed by atoms with Gasteiger partial charge in [-0.15, -0.1) is 0 Å². The Morgan fingerprint density at radius 1 is 0.649 bits per heavy atom. The van der Waals surface area contributed by atoms with Gasteiger partial charge in [0.1, 0.15) is 0 Å². The molecule has 0 radical (unpaired) electrons. The highest BCUT2D eigenvalue weighted by Crippen LogP contribution is 2.45. The number of fused-ring (bicyclic) bond motifs is 7. The summed E-state index contributed by atoms with van der Waals surface area (Å²) in [6.45, 7) is 14.1. The summed E-state index contributed by atoms with van der Waals surface area (Å²) in [7, 11) is 0. The Kier molecular flexibility index (Phi) is 4.54. The Morgan fingerprint density at radius 2 is 1.43 bits per heavy atom. The van der Waals surface area contributed by atoms with E-state index in [1.54, 1.807) is 0 Å². The molecule has 0 saturated heterocycles. The van der Waals surface area contributed by atoms with E-state index in [1.807, 2.05) is 6.20 Å². The Morgan fingerprint density at radius 3 is 2.22 bits per heavy atom. The largest absolute Gasteiger partial charge is 0.308 e. The van der Waals surface area contributed by atoms with E-state index in [0.717, 1.165) is 18.4 Å². The van der Waals surface area contributed by atoms with Crippen LogP contribution in [0.25, 0.3) is 59.8 Å². The maximum atomic E-state index is 5.04. The number of benzene rings is 4. The van der Waals surface area contributed by atoms with Crippen molar-refractivity contribution in [2.45, 2.75) is 54.4 Å². The number of pyridine rings is 2. The minimum absolute atomic E-state index is 0.147. The van der Waals surface area contributed by atoms with Crippen LogP contribution < -0.4 is 0 Å². The van der Waals surface area contributed by atoms with Gasteiger partial charge in [0.05, 0.1) is 22.1 Å². The molecule has 184 valence electrons. The lowest BCUT2D eigenvalue weighted by Crippen LogP contribution is -2.11. The maximum Gasteiger partial charge on any atom is 0.0823 e. The quantitative estimate of drug-likeness (QED) is 0.177. The van der Waals surface area contributed by atoms with Crippen molar-refractivity contribution in [3.63, 3.8) is 0 Å². The van der Waals surface area contributed by atoms with Gasteiger partial charge < -0.3 is 4.40 Å². The Bertz CT molecular complexity index is 1990. The van der Waals surface area contributed by atoms with E-state index in [2.05, 4.69) is 113 Å². The summed E-state index contributed by atoms with van der Waals surface area (Å²) >= 11 is 0. The van der Waals surface area contributed by atoms with Crippen LogP contribution >= 0.6 is 0 Å². The van der Waals surface area contributed by atoms with Gasteiger partial charge in [0.2, 0.25) is 0 Å². The predicted molar refractivity (Wildman–Crippen MR) is 160 cm³/mol. The predicted octanol–water partition coefficient (Wildman–Crippen LogP) is 9.72. The van der Waals surface area contributed by atoms with Crippen molar-refractivity contribution in [3.05, 3.63) is 84.1 Å². The van der Waals surface area contributed by atoms with E-state index in [0.29, 0.717) is 0 Å². The van der Waals surface area contributed by atoms with Crippen molar-refractivity contribution >= 4 is 59.8 Å². The Hall–Kier alpha value is -3.65. The van der Waals surface area contributed by atoms with Crippen molar-refractivity contribution in [1.29, 1.82) is 0 Å². The van der Waals surface area contributed by atoms with Gasteiger partial charge >= 0.3 is 0 Å². The van der Waals surface area contributed by atoms with Gasteiger partial charge in [-0.25, -0.2) is 0 Å². The van der Waals surface area contributed by atoms with Gasteiger partial charge in [0.15, 0.2) is 0 Å². The standard InChI is InChI=1S/C35H34N2/c1-34(2,3)19-23-11-9-13-28-29(23)25-15-14-21-16-17-36-31-26-18-22-10-7-8-12-24(22)27(20-35(4,5)6)32(26)37(28)33(25)30(21)31/h7-18H,19-20H2,1-6H3. The molecule has 37 heavy (non-hydrogen) atoms. The lowest BCUT2D eigenvalue weighted by atomic mass is 9.84. The maximum absolute atomic E-state index is 5.04. The molecule has 0 amide bonds. The molecular weight excluding hydrogens is 448 g/mol. The van der Waals surface area contributed by atoms with Crippen LogP contribution in [0.1, 0.15) is 52.7 Å². The fourth-order valence-corrected chi connectivity index (χ4v) is 6.60. The molecule has 7 rings (SSSR count). The molecule has 4 aromatic carbocycles. The minimum atomic E-state index is 0.147. The van der Waals surface area contributed by atoms with Gasteiger partial charge in [-0.05, 0) is 69.2 Å². The molecule has 0 saturated carbocycles. The smallest absolute Gasteiger partial charge is 0.0823 e. The molecule has 0 atom stereocenters. The third-order valence-corrected chi connectivity index (χ3v) is 7.80. The molecule has 0 spiro atoms. The highest BCUT2D eigenvalue weighted by molar-refractivity contribution is 6.29. The highest BCUT2D eigenvalue weighted by atomic mass is 14.9. The number of nitrogens with zero attached hydrogens (tertiary/aromatic N) is 2. The Labute approximate surface area is 218 Å². The number of aromatic nitrogens is 2. The van der Waals surface area contributed by atoms with E-state index in [1.165, 1.54) is 65.4 Å². The number of hydrogen-bond donors (Lipinski definition) is 0. The van der Waals surface area contributed by atoms with Gasteiger partial charge in [0, 0.05) is 27.7 Å². The zero-order valence-corrected chi connectivity index (χ0v) is 22.7. The average Bonchev–Trinajstić information content (AvgIpc) is 3.17. The Balaban J connectivity index is 1.82. The van der Waals surface area contributed by atoms with Crippen molar-refractivity contribution in [2.24, 2.45) is 10.8 Å². The van der Waals surface area contributed by atoms with Crippen LogP contribution in [0, 0.1) is 10.8 Å². The first-order chi connectivity index (χ1) is 17.6. The second kappa shape index (κ2) is 7.44. The van der Waals surface area contributed by atoms with Crippen LogP contribution in [-0.4, -0.2) is 9.38 Å². The fraction of sp³-hybridized carbons (Fsp3) is 0.286. The minimum Gasteiger partial charge on any atom is -0.308 e. The van der Waals surface area contributed by atoms with Gasteiger partial charge in [-0.3, -0.25) is 4.98 Å². The molecule has 3 heterocycles. The van der Waals surface area contributed by atoms with Crippen LogP contribution in [0.4, 0.5) is 0 Å². The van der Waals surface area contributed by atoms with Crippen LogP contribution in [0.3, 0.4) is 0 Å². The molecule has 0 aliphatic rings. The van der Waals surface area contributed by atoms with Crippen LogP contribution in [0.2, 0.25) is 0 Å². The normalized spacial score (nSPS) is 13.4. The van der Waals surface area contributed by atoms with Gasteiger partial charge in [-0.1, -0.05) is 90.1 Å². The van der Waals surface area contributed by atoms with Crippen molar-refractivity contribution in [3.8, 4) is 0 Å². The first-order valence-electron chi connectivity index (χ1n) is 13.5. The molecule has 2 heteroatoms. The third-order valence-electron chi connectivity index (χ3n) is 7.80. The SMILES string of the molecule is CC(C)(C)Cc1cccc2c1c1ccc3ccnc4c5cc6ccccc6c(CC(C)(C)C)c5n2c1c34. The second-order valence-corrected chi connectivity index (χ2v) is 13.3. The number of hydrogen-bond acceptors (Lipinski definition) is 1. The summed E-state index contributed by atoms with van der Waals surface area (Å²) in [6.07, 6.45) is 4.02. The average molecular weight is 483 g/mol. The van der Waals surface area contributed by atoms with E-state index in [-0.39, 0.29) is 10.8 Å². The lowest BCUT2D eigenvalue weighted by Gasteiger charge is -2.23. The first kappa shape index (κ1) is 22.5. The molecular formula is C35H34N2. The number of rotatable bonds is 2. The molecule has 0 unspecified atom stereocenters. The summed E-state index contributed by atoms with van der Waals surface area (Å²) in [6, 6.07) is 25.0. The molecule has 0 aliphatic heterocycles. The summed E-state index contributed by atoms with van der Waals surface area (Å²) in [5, 5.41) is 9.17. The van der Waals surface area contributed by atoms with Crippen molar-refractivity contribution in [2.75, 3.05) is 0 Å². The molecule has 0 bridgehead atoms. The van der Waals surface area contributed by atoms with E-state index >= 15 is 0 Å². The highest BCUT2D eigenvalue weighted by Gasteiger charge is 2.25. The van der Waals surface area contributed by atoms with E-state index < -0.39 is 0 Å². The summed E-state index contributed by atoms with van der Waals surface area (Å²) < 4.78 is 2.59.